The number of amides is 8. The first-order chi connectivity index (χ1) is 30.3. The molecule has 0 spiro atoms. The van der Waals surface area contributed by atoms with E-state index in [-0.39, 0.29) is 23.7 Å². The zero-order valence-electron chi connectivity index (χ0n) is 36.5. The molecule has 0 aliphatic rings. The van der Waals surface area contributed by atoms with Gasteiger partial charge >= 0.3 is 11.9 Å². The number of carboxylic acids is 2. The van der Waals surface area contributed by atoms with E-state index in [2.05, 4.69) is 40.4 Å². The molecule has 15 N–H and O–H groups in total. The summed E-state index contributed by atoms with van der Waals surface area (Å²) < 4.78 is 0. The summed E-state index contributed by atoms with van der Waals surface area (Å²) in [4.78, 5) is 126. The number of nitrogens with one attached hydrogen (secondary N) is 7. The minimum absolute atomic E-state index is 0.167. The highest BCUT2D eigenvalue weighted by Gasteiger charge is 2.39. The number of carboxylic acid groups (broad SMARTS) is 2. The quantitative estimate of drug-likeness (QED) is 0.0281. The maximum atomic E-state index is 13.9. The molecule has 1 aromatic rings. The molecule has 0 aliphatic heterocycles. The van der Waals surface area contributed by atoms with Crippen LogP contribution < -0.4 is 43.0 Å². The van der Waals surface area contributed by atoms with E-state index in [1.807, 2.05) is 16.7 Å². The van der Waals surface area contributed by atoms with Gasteiger partial charge in [0.05, 0.1) is 19.2 Å². The van der Waals surface area contributed by atoms with Crippen molar-refractivity contribution in [2.75, 3.05) is 13.1 Å². The molecule has 0 bridgehead atoms. The van der Waals surface area contributed by atoms with Crippen LogP contribution in [0.5, 0.6) is 5.75 Å². The van der Waals surface area contributed by atoms with Crippen LogP contribution in [0.2, 0.25) is 0 Å². The van der Waals surface area contributed by atoms with Gasteiger partial charge in [-0.05, 0) is 55.7 Å². The van der Waals surface area contributed by atoms with Crippen molar-refractivity contribution in [3.63, 3.8) is 0 Å². The highest BCUT2D eigenvalue weighted by atomic mass is 16.4. The van der Waals surface area contributed by atoms with Gasteiger partial charge in [-0.15, -0.1) is 0 Å². The number of carbonyl (C=O) groups is 10. The molecule has 0 saturated heterocycles. The van der Waals surface area contributed by atoms with Crippen LogP contribution in [0.15, 0.2) is 48.6 Å². The van der Waals surface area contributed by atoms with Crippen LogP contribution >= 0.6 is 0 Å². The highest BCUT2D eigenvalue weighted by molar-refractivity contribution is 5.99. The summed E-state index contributed by atoms with van der Waals surface area (Å²) in [6, 6.07) is -4.64. The van der Waals surface area contributed by atoms with Gasteiger partial charge in [-0.3, -0.25) is 38.4 Å². The van der Waals surface area contributed by atoms with Crippen LogP contribution in [0.1, 0.15) is 59.4 Å². The number of nitrogens with two attached hydrogens (primary N) is 1. The summed E-state index contributed by atoms with van der Waals surface area (Å²) in [6.07, 6.45) is 0.488. The number of aliphatic hydroxyl groups excluding tert-OH is 3. The lowest BCUT2D eigenvalue weighted by molar-refractivity contribution is -0.152. The molecule has 24 nitrogen and oxygen atoms in total. The number of rotatable bonds is 28. The predicted molar refractivity (Wildman–Crippen MR) is 227 cm³/mol. The van der Waals surface area contributed by atoms with Crippen LogP contribution in [0.4, 0.5) is 0 Å². The predicted octanol–water partition coefficient (Wildman–Crippen LogP) is -4.06. The van der Waals surface area contributed by atoms with E-state index >= 15 is 0 Å². The summed E-state index contributed by atoms with van der Waals surface area (Å²) in [5, 5.41) is 74.4. The Labute approximate surface area is 373 Å². The lowest BCUT2D eigenvalue weighted by Crippen LogP contribution is -2.63. The van der Waals surface area contributed by atoms with Crippen LogP contribution in [0.3, 0.4) is 0 Å². The number of hydrogen-bond acceptors (Lipinski definition) is 14. The van der Waals surface area contributed by atoms with E-state index < -0.39 is 127 Å². The number of aromatic hydroxyl groups is 1. The van der Waals surface area contributed by atoms with Gasteiger partial charge in [0.1, 0.15) is 36.0 Å². The second kappa shape index (κ2) is 28.0. The fourth-order valence-corrected chi connectivity index (χ4v) is 5.53. The number of phenols is 1. The number of allylic oxidation sites excluding steroid dienone is 3. The van der Waals surface area contributed by atoms with Gasteiger partial charge in [0.25, 0.3) is 0 Å². The second-order valence-electron chi connectivity index (χ2n) is 15.6. The lowest BCUT2D eigenvalue weighted by Gasteiger charge is -2.29. The molecule has 0 radical (unpaired) electrons. The smallest absolute Gasteiger partial charge is 0.335 e. The standard InChI is InChI=1S/C41H60N8O16/c1-20(2)10-8-6-7-9-11-27(52)43-18-28(53)44-19-29(54)47-32(34(56)41(64)65)39(61)46-26(17-23-12-14-24(51)15-13-23)37(59)48-30(22(5)50)38(60)45-25(16-21(3)4)36(58)49-31(35(42)57)33(55)40(62)63/h6-7,9,11-15,20-22,25-26,30-34,50-51,55-56H,8,10,16-19H2,1-5H3,(H2,42,57)(H,43,52)(H,44,53)(H,45,60)(H,46,61)(H,47,54)(H,48,59)(H,49,58)(H,62,63)(H,64,65)/b7-6-,11-9+/t22-,25-,26+,30+,31-,32+,33+,34-/m1/s1. The molecule has 0 unspecified atom stereocenters. The van der Waals surface area contributed by atoms with E-state index in [1.54, 1.807) is 19.9 Å². The normalized spacial score (nSPS) is 15.0. The van der Waals surface area contributed by atoms with Gasteiger partial charge in [-0.2, -0.15) is 0 Å². The Morgan fingerprint density at radius 3 is 1.68 bits per heavy atom. The van der Waals surface area contributed by atoms with Gasteiger partial charge in [0.2, 0.25) is 47.3 Å². The van der Waals surface area contributed by atoms with Crippen molar-refractivity contribution < 1.29 is 78.6 Å². The number of phenolic OH excluding ortho intramolecular Hbond substituents is 1. The molecular formula is C41H60N8O16. The molecular weight excluding hydrogens is 860 g/mol. The van der Waals surface area contributed by atoms with E-state index in [0.717, 1.165) is 19.8 Å². The Morgan fingerprint density at radius 1 is 0.615 bits per heavy atom. The molecule has 0 aromatic heterocycles. The summed E-state index contributed by atoms with van der Waals surface area (Å²) in [5.74, 6) is -13.1. The Kier molecular flexibility index (Phi) is 24.2. The number of benzene rings is 1. The Hall–Kier alpha value is -6.92. The SMILES string of the molecule is CC(C)CC/C=C\C=C\C(=O)NCC(=O)NCC(=O)N[C@H](C(=O)N[C@@H](Cc1ccc(O)cc1)C(=O)N[C@H](C(=O)N[C@H](CC(C)C)C(=O)N[C@@H](C(N)=O)[C@H](O)C(=O)O)[C@@H](C)O)[C@@H](O)C(=O)O. The van der Waals surface area contributed by atoms with Gasteiger partial charge in [0, 0.05) is 12.5 Å². The molecule has 24 heteroatoms. The van der Waals surface area contributed by atoms with Crippen molar-refractivity contribution in [2.45, 2.75) is 109 Å². The largest absolute Gasteiger partial charge is 0.508 e. The van der Waals surface area contributed by atoms with Crippen molar-refractivity contribution in [3.05, 3.63) is 54.1 Å². The molecule has 1 rings (SSSR count). The molecule has 65 heavy (non-hydrogen) atoms. The van der Waals surface area contributed by atoms with Crippen LogP contribution in [-0.2, 0) is 54.4 Å². The molecule has 0 fully saturated rings. The highest BCUT2D eigenvalue weighted by Crippen LogP contribution is 2.13. The average molecular weight is 921 g/mol. The van der Waals surface area contributed by atoms with Crippen molar-refractivity contribution in [1.82, 2.24) is 37.2 Å². The van der Waals surface area contributed by atoms with E-state index in [0.29, 0.717) is 5.92 Å². The lowest BCUT2D eigenvalue weighted by atomic mass is 10.0. The van der Waals surface area contributed by atoms with Crippen molar-refractivity contribution >= 4 is 59.2 Å². The molecule has 360 valence electrons. The summed E-state index contributed by atoms with van der Waals surface area (Å²) in [5.41, 5.74) is 5.41. The molecule has 0 saturated carbocycles. The molecule has 8 amide bonds. The number of carbonyl (C=O) groups excluding carboxylic acids is 8. The fraction of sp³-hybridized carbons (Fsp3) is 0.512. The first kappa shape index (κ1) is 56.1. The third-order valence-electron chi connectivity index (χ3n) is 9.03. The van der Waals surface area contributed by atoms with Gasteiger partial charge in [-0.25, -0.2) is 9.59 Å². The third kappa shape index (κ3) is 21.3. The number of primary amides is 1. The van der Waals surface area contributed by atoms with E-state index in [9.17, 15) is 73.5 Å². The van der Waals surface area contributed by atoms with Crippen LogP contribution in [0.25, 0.3) is 0 Å². The third-order valence-corrected chi connectivity index (χ3v) is 9.03. The first-order valence-electron chi connectivity index (χ1n) is 20.3. The topological polar surface area (TPSA) is 402 Å². The monoisotopic (exact) mass is 920 g/mol. The van der Waals surface area contributed by atoms with Gasteiger partial charge in [-0.1, -0.05) is 58.1 Å². The maximum Gasteiger partial charge on any atom is 0.335 e. The number of aliphatic carboxylic acids is 2. The number of aliphatic hydroxyl groups is 3. The zero-order valence-corrected chi connectivity index (χ0v) is 36.5. The fourth-order valence-electron chi connectivity index (χ4n) is 5.53. The second-order valence-corrected chi connectivity index (χ2v) is 15.6. The average Bonchev–Trinajstić information content (AvgIpc) is 3.22. The van der Waals surface area contributed by atoms with Crippen molar-refractivity contribution in [2.24, 2.45) is 17.6 Å². The summed E-state index contributed by atoms with van der Waals surface area (Å²) in [6.45, 7) is 7.00. The number of hydrogen-bond donors (Lipinski definition) is 14. The summed E-state index contributed by atoms with van der Waals surface area (Å²) >= 11 is 0. The van der Waals surface area contributed by atoms with Gasteiger partial charge in [0.15, 0.2) is 12.2 Å². The molecule has 8 atom stereocenters. The minimum Gasteiger partial charge on any atom is -0.508 e. The molecule has 1 aromatic carbocycles. The van der Waals surface area contributed by atoms with Gasteiger partial charge < -0.3 is 73.6 Å². The Bertz CT molecular complexity index is 1900. The van der Waals surface area contributed by atoms with Crippen LogP contribution in [0, 0.1) is 11.8 Å². The first-order valence-corrected chi connectivity index (χ1v) is 20.3. The van der Waals surface area contributed by atoms with Crippen molar-refractivity contribution in [3.8, 4) is 5.75 Å². The maximum absolute atomic E-state index is 13.9. The Morgan fingerprint density at radius 2 is 1.14 bits per heavy atom. The summed E-state index contributed by atoms with van der Waals surface area (Å²) in [7, 11) is 0. The molecule has 0 heterocycles. The Balaban J connectivity index is 3.27. The minimum atomic E-state index is -2.64. The van der Waals surface area contributed by atoms with Crippen LogP contribution in [-0.4, -0.2) is 151 Å². The molecule has 0 aliphatic carbocycles. The van der Waals surface area contributed by atoms with Crippen molar-refractivity contribution in [1.29, 1.82) is 0 Å². The van der Waals surface area contributed by atoms with E-state index in [4.69, 9.17) is 10.8 Å². The van der Waals surface area contributed by atoms with E-state index in [1.165, 1.54) is 36.4 Å². The zero-order chi connectivity index (χ0) is 49.6.